The first-order valence-corrected chi connectivity index (χ1v) is 14.2. The van der Waals surface area contributed by atoms with Crippen molar-refractivity contribution in [1.82, 2.24) is 19.9 Å². The van der Waals surface area contributed by atoms with Crippen LogP contribution in [0.15, 0.2) is 84.9 Å². The number of benzene rings is 4. The number of rotatable bonds is 12. The van der Waals surface area contributed by atoms with Crippen molar-refractivity contribution in [1.29, 1.82) is 0 Å². The van der Waals surface area contributed by atoms with Crippen LogP contribution in [0, 0.1) is 6.92 Å². The first-order chi connectivity index (χ1) is 21.8. The highest BCUT2D eigenvalue weighted by Gasteiger charge is 2.33. The molecule has 1 atom stereocenters. The maximum absolute atomic E-state index is 14.4. The Morgan fingerprint density at radius 2 is 1.56 bits per heavy atom. The van der Waals surface area contributed by atoms with Crippen LogP contribution in [0.5, 0.6) is 23.0 Å². The topological polar surface area (TPSA) is 117 Å². The van der Waals surface area contributed by atoms with E-state index in [2.05, 4.69) is 15.6 Å². The molecule has 0 fully saturated rings. The molecule has 232 valence electrons. The predicted molar refractivity (Wildman–Crippen MR) is 170 cm³/mol. The summed E-state index contributed by atoms with van der Waals surface area (Å²) >= 11 is 0. The van der Waals surface area contributed by atoms with E-state index >= 15 is 0 Å². The second kappa shape index (κ2) is 13.8. The Balaban J connectivity index is 1.61. The molecule has 11 heteroatoms. The van der Waals surface area contributed by atoms with E-state index in [1.807, 2.05) is 55.5 Å². The molecule has 1 N–H and O–H groups in total. The van der Waals surface area contributed by atoms with Crippen molar-refractivity contribution in [3.05, 3.63) is 102 Å². The van der Waals surface area contributed by atoms with Crippen molar-refractivity contribution in [3.63, 3.8) is 0 Å². The molecule has 0 aliphatic rings. The molecule has 45 heavy (non-hydrogen) atoms. The van der Waals surface area contributed by atoms with Gasteiger partial charge in [0.05, 0.1) is 39.6 Å². The van der Waals surface area contributed by atoms with Crippen LogP contribution >= 0.6 is 0 Å². The van der Waals surface area contributed by atoms with Crippen molar-refractivity contribution in [3.8, 4) is 23.0 Å². The number of hydrogen-bond acceptors (Lipinski definition) is 8. The SMILES string of the molecule is COc1ccc(NC(=O)C(c2ccc(OC)c(OC)c2)N(Cc2ccc(C)cc2)C(=O)Cn2nnc3ccccc32)c(OC)c1. The van der Waals surface area contributed by atoms with Gasteiger partial charge in [-0.05, 0) is 54.4 Å². The fraction of sp³-hybridized carbons (Fsp3) is 0.235. The molecule has 0 saturated heterocycles. The molecular formula is C34H35N5O6. The van der Waals surface area contributed by atoms with Gasteiger partial charge in [-0.25, -0.2) is 4.68 Å². The smallest absolute Gasteiger partial charge is 0.251 e. The number of methoxy groups -OCH3 is 4. The Hall–Kier alpha value is -5.58. The van der Waals surface area contributed by atoms with Crippen LogP contribution in [0.25, 0.3) is 11.0 Å². The molecule has 1 aromatic heterocycles. The fourth-order valence-electron chi connectivity index (χ4n) is 5.07. The monoisotopic (exact) mass is 609 g/mol. The summed E-state index contributed by atoms with van der Waals surface area (Å²) < 4.78 is 23.4. The summed E-state index contributed by atoms with van der Waals surface area (Å²) in [5, 5.41) is 11.4. The number of carbonyl (C=O) groups excluding carboxylic acids is 2. The molecule has 2 amide bonds. The van der Waals surface area contributed by atoms with Gasteiger partial charge in [0.1, 0.15) is 29.6 Å². The largest absolute Gasteiger partial charge is 0.497 e. The highest BCUT2D eigenvalue weighted by atomic mass is 16.5. The van der Waals surface area contributed by atoms with Gasteiger partial charge in [-0.3, -0.25) is 9.59 Å². The normalized spacial score (nSPS) is 11.5. The van der Waals surface area contributed by atoms with E-state index in [9.17, 15) is 9.59 Å². The number of aryl methyl sites for hydroxylation is 1. The highest BCUT2D eigenvalue weighted by Crippen LogP contribution is 2.35. The lowest BCUT2D eigenvalue weighted by Crippen LogP contribution is -2.42. The molecule has 5 rings (SSSR count). The Kier molecular flexibility index (Phi) is 9.47. The molecule has 1 heterocycles. The maximum atomic E-state index is 14.4. The first-order valence-electron chi connectivity index (χ1n) is 14.2. The number of carbonyl (C=O) groups is 2. The molecule has 0 spiro atoms. The number of ether oxygens (including phenoxy) is 4. The van der Waals surface area contributed by atoms with Gasteiger partial charge in [-0.2, -0.15) is 0 Å². The molecule has 0 radical (unpaired) electrons. The summed E-state index contributed by atoms with van der Waals surface area (Å²) in [5.74, 6) is 1.07. The van der Waals surface area contributed by atoms with Crippen LogP contribution in [0.3, 0.4) is 0 Å². The minimum Gasteiger partial charge on any atom is -0.497 e. The number of aromatic nitrogens is 3. The number of para-hydroxylation sites is 1. The molecular weight excluding hydrogens is 574 g/mol. The standard InChI is InChI=1S/C34H35N5O6/c1-22-10-12-23(13-11-22)20-38(32(40)21-39-28-9-7-6-8-26(28)36-37-39)33(24-14-17-29(43-3)31(18-24)45-5)34(41)35-27-16-15-25(42-2)19-30(27)44-4/h6-19,33H,20-21H2,1-5H3,(H,35,41). The van der Waals surface area contributed by atoms with Crippen LogP contribution in [0.2, 0.25) is 0 Å². The molecule has 4 aromatic carbocycles. The average molecular weight is 610 g/mol. The van der Waals surface area contributed by atoms with Crippen LogP contribution in [-0.4, -0.2) is 60.1 Å². The van der Waals surface area contributed by atoms with Gasteiger partial charge in [0, 0.05) is 12.6 Å². The fourth-order valence-corrected chi connectivity index (χ4v) is 5.07. The minimum atomic E-state index is -1.10. The van der Waals surface area contributed by atoms with Gasteiger partial charge >= 0.3 is 0 Å². The van der Waals surface area contributed by atoms with Crippen molar-refractivity contribution < 1.29 is 28.5 Å². The summed E-state index contributed by atoms with van der Waals surface area (Å²) in [7, 11) is 6.11. The van der Waals surface area contributed by atoms with E-state index in [0.29, 0.717) is 45.3 Å². The van der Waals surface area contributed by atoms with Crippen LogP contribution in [0.4, 0.5) is 5.69 Å². The number of fused-ring (bicyclic) bond motifs is 1. The van der Waals surface area contributed by atoms with Crippen LogP contribution in [0.1, 0.15) is 22.7 Å². The number of anilines is 1. The zero-order valence-corrected chi connectivity index (χ0v) is 25.8. The van der Waals surface area contributed by atoms with Crippen LogP contribution < -0.4 is 24.3 Å². The number of amides is 2. The lowest BCUT2D eigenvalue weighted by Gasteiger charge is -2.32. The van der Waals surface area contributed by atoms with Crippen molar-refractivity contribution in [2.24, 2.45) is 0 Å². The Morgan fingerprint density at radius 1 is 0.822 bits per heavy atom. The molecule has 11 nitrogen and oxygen atoms in total. The van der Waals surface area contributed by atoms with Gasteiger partial charge in [0.25, 0.3) is 5.91 Å². The quantitative estimate of drug-likeness (QED) is 0.206. The molecule has 0 bridgehead atoms. The van der Waals surface area contributed by atoms with E-state index in [1.165, 1.54) is 30.9 Å². The van der Waals surface area contributed by atoms with Gasteiger partial charge in [-0.1, -0.05) is 53.2 Å². The summed E-state index contributed by atoms with van der Waals surface area (Å²) in [4.78, 5) is 30.3. The van der Waals surface area contributed by atoms with E-state index in [4.69, 9.17) is 18.9 Å². The number of nitrogens with one attached hydrogen (secondary N) is 1. The van der Waals surface area contributed by atoms with E-state index in [0.717, 1.165) is 11.1 Å². The van der Waals surface area contributed by atoms with E-state index in [1.54, 1.807) is 43.5 Å². The summed E-state index contributed by atoms with van der Waals surface area (Å²) in [5.41, 5.74) is 4.22. The first kappa shape index (κ1) is 30.9. The van der Waals surface area contributed by atoms with Crippen molar-refractivity contribution in [2.75, 3.05) is 33.8 Å². The second-order valence-electron chi connectivity index (χ2n) is 10.3. The molecule has 1 unspecified atom stereocenters. The Morgan fingerprint density at radius 3 is 2.27 bits per heavy atom. The number of hydrogen-bond donors (Lipinski definition) is 1. The zero-order chi connectivity index (χ0) is 31.9. The summed E-state index contributed by atoms with van der Waals surface area (Å²) in [6.07, 6.45) is 0. The minimum absolute atomic E-state index is 0.137. The predicted octanol–water partition coefficient (Wildman–Crippen LogP) is 5.18. The third-order valence-electron chi connectivity index (χ3n) is 7.45. The van der Waals surface area contributed by atoms with Gasteiger partial charge < -0.3 is 29.2 Å². The third-order valence-corrected chi connectivity index (χ3v) is 7.45. The van der Waals surface area contributed by atoms with Gasteiger partial charge in [0.15, 0.2) is 11.5 Å². The molecule has 0 aliphatic heterocycles. The van der Waals surface area contributed by atoms with Crippen molar-refractivity contribution >= 4 is 28.5 Å². The third kappa shape index (κ3) is 6.82. The van der Waals surface area contributed by atoms with E-state index in [-0.39, 0.29) is 19.0 Å². The highest BCUT2D eigenvalue weighted by molar-refractivity contribution is 5.99. The van der Waals surface area contributed by atoms with E-state index < -0.39 is 11.9 Å². The second-order valence-corrected chi connectivity index (χ2v) is 10.3. The number of nitrogens with zero attached hydrogens (tertiary/aromatic N) is 4. The summed E-state index contributed by atoms with van der Waals surface area (Å²) in [6.45, 7) is 1.98. The zero-order valence-electron chi connectivity index (χ0n) is 25.8. The molecule has 0 aliphatic carbocycles. The molecule has 0 saturated carbocycles. The van der Waals surface area contributed by atoms with Crippen molar-refractivity contribution in [2.45, 2.75) is 26.1 Å². The summed E-state index contributed by atoms with van der Waals surface area (Å²) in [6, 6.07) is 24.4. The van der Waals surface area contributed by atoms with Crippen LogP contribution in [-0.2, 0) is 22.7 Å². The lowest BCUT2D eigenvalue weighted by atomic mass is 10.0. The maximum Gasteiger partial charge on any atom is 0.251 e. The lowest BCUT2D eigenvalue weighted by molar-refractivity contribution is -0.140. The van der Waals surface area contributed by atoms with Gasteiger partial charge in [-0.15, -0.1) is 5.10 Å². The Bertz CT molecular complexity index is 1800. The Labute approximate surface area is 261 Å². The molecule has 5 aromatic rings. The average Bonchev–Trinajstić information content (AvgIpc) is 3.47. The van der Waals surface area contributed by atoms with Gasteiger partial charge in [0.2, 0.25) is 5.91 Å².